The minimum atomic E-state index is 0.219. The van der Waals surface area contributed by atoms with Crippen LogP contribution < -0.4 is 24.8 Å². The highest BCUT2D eigenvalue weighted by Crippen LogP contribution is 2.37. The zero-order valence-electron chi connectivity index (χ0n) is 12.4. The lowest BCUT2D eigenvalue weighted by Crippen LogP contribution is -2.11. The van der Waals surface area contributed by atoms with Gasteiger partial charge in [-0.3, -0.25) is 0 Å². The van der Waals surface area contributed by atoms with Crippen LogP contribution >= 0.6 is 0 Å². The lowest BCUT2D eigenvalue weighted by atomic mass is 10.1. The zero-order valence-corrected chi connectivity index (χ0v) is 12.4. The van der Waals surface area contributed by atoms with Gasteiger partial charge in [-0.25, -0.2) is 4.68 Å². The summed E-state index contributed by atoms with van der Waals surface area (Å²) >= 11 is 0. The predicted molar refractivity (Wildman–Crippen MR) is 83.3 cm³/mol. The Bertz CT molecular complexity index is 878. The van der Waals surface area contributed by atoms with Crippen LogP contribution in [-0.2, 0) is 0 Å². The zero-order chi connectivity index (χ0) is 16.1. The Kier molecular flexibility index (Phi) is 2.60. The fraction of sp³-hybridized carbons (Fsp3) is 0.125. The summed E-state index contributed by atoms with van der Waals surface area (Å²) in [6.45, 7) is 0.438. The maximum atomic E-state index is 6.21. The summed E-state index contributed by atoms with van der Waals surface area (Å²) in [6.07, 6.45) is 0. The van der Waals surface area contributed by atoms with Crippen molar-refractivity contribution in [3.63, 3.8) is 0 Å². The Labute approximate surface area is 136 Å². The van der Waals surface area contributed by atoms with E-state index in [-0.39, 0.29) is 13.6 Å². The van der Waals surface area contributed by atoms with Crippen molar-refractivity contribution in [3.05, 3.63) is 36.4 Å². The number of nitrogen functional groups attached to an aromatic ring is 1. The van der Waals surface area contributed by atoms with Gasteiger partial charge < -0.3 is 24.8 Å². The van der Waals surface area contributed by atoms with Crippen LogP contribution in [0.2, 0.25) is 0 Å². The van der Waals surface area contributed by atoms with Gasteiger partial charge in [0.15, 0.2) is 34.6 Å². The number of fused-ring (bicyclic) bond motifs is 2. The van der Waals surface area contributed by atoms with Crippen LogP contribution in [0.25, 0.3) is 22.8 Å². The Hall–Kier alpha value is -3.42. The number of benzene rings is 2. The molecule has 3 heterocycles. The standard InChI is InChI=1S/C16H12N4O4/c17-20-15(9-1-3-11-13(5-9)23-7-21-11)18-19-16(20)10-2-4-12-14(6-10)24-8-22-12/h1-6H,7-8,17H2. The molecule has 0 saturated carbocycles. The first-order valence-corrected chi connectivity index (χ1v) is 7.30. The molecule has 2 aliphatic heterocycles. The minimum absolute atomic E-state index is 0.219. The lowest BCUT2D eigenvalue weighted by Gasteiger charge is -2.05. The van der Waals surface area contributed by atoms with Gasteiger partial charge in [0.1, 0.15) is 0 Å². The lowest BCUT2D eigenvalue weighted by molar-refractivity contribution is 0.173. The van der Waals surface area contributed by atoms with Gasteiger partial charge >= 0.3 is 0 Å². The molecule has 2 aliphatic rings. The van der Waals surface area contributed by atoms with Crippen molar-refractivity contribution in [2.75, 3.05) is 19.4 Å². The van der Waals surface area contributed by atoms with Crippen molar-refractivity contribution in [1.82, 2.24) is 14.9 Å². The highest BCUT2D eigenvalue weighted by molar-refractivity contribution is 5.67. The second-order valence-electron chi connectivity index (χ2n) is 5.35. The highest BCUT2D eigenvalue weighted by Gasteiger charge is 2.20. The number of nitrogens with two attached hydrogens (primary N) is 1. The molecular weight excluding hydrogens is 312 g/mol. The van der Waals surface area contributed by atoms with Gasteiger partial charge in [0.05, 0.1) is 0 Å². The molecule has 24 heavy (non-hydrogen) atoms. The van der Waals surface area contributed by atoms with Crippen LogP contribution in [-0.4, -0.2) is 28.5 Å². The molecule has 5 rings (SSSR count). The molecule has 0 spiro atoms. The molecule has 0 saturated heterocycles. The molecule has 8 heteroatoms. The van der Waals surface area contributed by atoms with Crippen LogP contribution in [0, 0.1) is 0 Å². The summed E-state index contributed by atoms with van der Waals surface area (Å²) in [5, 5.41) is 8.40. The van der Waals surface area contributed by atoms with Crippen molar-refractivity contribution in [2.45, 2.75) is 0 Å². The van der Waals surface area contributed by atoms with Gasteiger partial charge in [-0.2, -0.15) is 0 Å². The van der Waals surface area contributed by atoms with Gasteiger partial charge in [0, 0.05) is 11.1 Å². The number of nitrogens with zero attached hydrogens (tertiary/aromatic N) is 3. The van der Waals surface area contributed by atoms with Gasteiger partial charge in [-0.05, 0) is 36.4 Å². The molecule has 3 aromatic rings. The Morgan fingerprint density at radius 3 is 1.67 bits per heavy atom. The summed E-state index contributed by atoms with van der Waals surface area (Å²) in [7, 11) is 0. The summed E-state index contributed by atoms with van der Waals surface area (Å²) < 4.78 is 22.9. The first kappa shape index (κ1) is 13.1. The Morgan fingerprint density at radius 2 is 1.17 bits per heavy atom. The molecule has 0 atom stereocenters. The Balaban J connectivity index is 1.56. The van der Waals surface area contributed by atoms with Crippen molar-refractivity contribution >= 4 is 0 Å². The molecule has 2 N–H and O–H groups in total. The van der Waals surface area contributed by atoms with Gasteiger partial charge in [0.2, 0.25) is 13.6 Å². The predicted octanol–water partition coefficient (Wildman–Crippen LogP) is 1.78. The quantitative estimate of drug-likeness (QED) is 0.718. The SMILES string of the molecule is Nn1c(-c2ccc3c(c2)OCO3)nnc1-c1ccc2c(c1)OCO2. The van der Waals surface area contributed by atoms with E-state index >= 15 is 0 Å². The van der Waals surface area contributed by atoms with E-state index in [0.717, 1.165) is 11.1 Å². The smallest absolute Gasteiger partial charge is 0.231 e. The normalized spacial score (nSPS) is 14.2. The van der Waals surface area contributed by atoms with Gasteiger partial charge in [0.25, 0.3) is 0 Å². The van der Waals surface area contributed by atoms with Crippen LogP contribution in [0.5, 0.6) is 23.0 Å². The molecule has 0 unspecified atom stereocenters. The first-order chi connectivity index (χ1) is 11.8. The van der Waals surface area contributed by atoms with Crippen LogP contribution in [0.4, 0.5) is 0 Å². The van der Waals surface area contributed by atoms with E-state index in [0.29, 0.717) is 34.6 Å². The molecule has 0 bridgehead atoms. The summed E-state index contributed by atoms with van der Waals surface area (Å²) in [5.74, 6) is 10.0. The molecule has 0 amide bonds. The fourth-order valence-corrected chi connectivity index (χ4v) is 2.76. The largest absolute Gasteiger partial charge is 0.454 e. The maximum Gasteiger partial charge on any atom is 0.231 e. The number of rotatable bonds is 2. The second-order valence-corrected chi connectivity index (χ2v) is 5.35. The van der Waals surface area contributed by atoms with E-state index in [4.69, 9.17) is 24.8 Å². The van der Waals surface area contributed by atoms with Crippen molar-refractivity contribution in [1.29, 1.82) is 0 Å². The van der Waals surface area contributed by atoms with Crippen molar-refractivity contribution in [3.8, 4) is 45.8 Å². The number of hydrogen-bond donors (Lipinski definition) is 1. The van der Waals surface area contributed by atoms with Gasteiger partial charge in [-0.15, -0.1) is 10.2 Å². The molecule has 1 aromatic heterocycles. The van der Waals surface area contributed by atoms with E-state index in [1.807, 2.05) is 36.4 Å². The molecule has 0 fully saturated rings. The third-order valence-electron chi connectivity index (χ3n) is 3.96. The van der Waals surface area contributed by atoms with E-state index in [1.165, 1.54) is 4.68 Å². The van der Waals surface area contributed by atoms with Crippen molar-refractivity contribution in [2.24, 2.45) is 0 Å². The summed E-state index contributed by atoms with van der Waals surface area (Å²) in [4.78, 5) is 0. The third-order valence-corrected chi connectivity index (χ3v) is 3.96. The molecule has 8 nitrogen and oxygen atoms in total. The monoisotopic (exact) mass is 324 g/mol. The fourth-order valence-electron chi connectivity index (χ4n) is 2.76. The molecule has 120 valence electrons. The maximum absolute atomic E-state index is 6.21. The molecular formula is C16H12N4O4. The van der Waals surface area contributed by atoms with Crippen LogP contribution in [0.1, 0.15) is 0 Å². The van der Waals surface area contributed by atoms with E-state index in [1.54, 1.807) is 0 Å². The Morgan fingerprint density at radius 1 is 0.708 bits per heavy atom. The number of aromatic nitrogens is 3. The minimum Gasteiger partial charge on any atom is -0.454 e. The van der Waals surface area contributed by atoms with Crippen LogP contribution in [0.15, 0.2) is 36.4 Å². The van der Waals surface area contributed by atoms with Gasteiger partial charge in [-0.1, -0.05) is 0 Å². The van der Waals surface area contributed by atoms with Crippen molar-refractivity contribution < 1.29 is 18.9 Å². The highest BCUT2D eigenvalue weighted by atomic mass is 16.7. The van der Waals surface area contributed by atoms with E-state index < -0.39 is 0 Å². The second kappa shape index (κ2) is 4.79. The summed E-state index contributed by atoms with van der Waals surface area (Å²) in [6, 6.07) is 11.0. The molecule has 0 aliphatic carbocycles. The van der Waals surface area contributed by atoms with E-state index in [2.05, 4.69) is 10.2 Å². The summed E-state index contributed by atoms with van der Waals surface area (Å²) in [5.41, 5.74) is 1.59. The average Bonchev–Trinajstić information content (AvgIpc) is 3.32. The third kappa shape index (κ3) is 1.86. The number of ether oxygens (including phenoxy) is 4. The number of hydrogen-bond acceptors (Lipinski definition) is 7. The molecule has 0 radical (unpaired) electrons. The average molecular weight is 324 g/mol. The molecule has 2 aromatic carbocycles. The van der Waals surface area contributed by atoms with E-state index in [9.17, 15) is 0 Å². The van der Waals surface area contributed by atoms with Crippen LogP contribution in [0.3, 0.4) is 0 Å². The topological polar surface area (TPSA) is 93.7 Å². The first-order valence-electron chi connectivity index (χ1n) is 7.30.